The number of fused-ring (bicyclic) bond motifs is 1. The minimum Gasteiger partial charge on any atom is -0.481 e. The number of rotatable bonds is 6. The average Bonchev–Trinajstić information content (AvgIpc) is 2.78. The zero-order chi connectivity index (χ0) is 23.5. The highest BCUT2D eigenvalue weighted by molar-refractivity contribution is 6.33. The Morgan fingerprint density at radius 1 is 1.27 bits per heavy atom. The van der Waals surface area contributed by atoms with Crippen LogP contribution in [0, 0.1) is 11.7 Å². The molecule has 0 aliphatic carbocycles. The Balaban J connectivity index is 1.51. The standard InChI is InChI=1S/C24H23ClFN3O4/c1-14(24(32)29-10-2-3-15(13-29)11-22(30)31)33-21-7-6-19-17(8-9-27-23(19)28-21)18-5-4-16(26)12-20(18)25/h4-9,12,14-15H,2-3,10-11,13H2,1H3,(H,30,31)/t14?,15-/m1/s1. The van der Waals surface area contributed by atoms with Crippen LogP contribution in [0.15, 0.2) is 42.6 Å². The van der Waals surface area contributed by atoms with Crippen molar-refractivity contribution in [2.75, 3.05) is 13.1 Å². The third kappa shape index (κ3) is 5.22. The fraction of sp³-hybridized carbons (Fsp3) is 0.333. The predicted octanol–water partition coefficient (Wildman–Crippen LogP) is 4.57. The van der Waals surface area contributed by atoms with Crippen LogP contribution in [-0.2, 0) is 9.59 Å². The lowest BCUT2D eigenvalue weighted by Gasteiger charge is -2.33. The topological polar surface area (TPSA) is 92.6 Å². The van der Waals surface area contributed by atoms with Crippen LogP contribution in [0.5, 0.6) is 5.88 Å². The number of ether oxygens (including phenoxy) is 1. The van der Waals surface area contributed by atoms with Crippen molar-refractivity contribution in [2.45, 2.75) is 32.3 Å². The quantitative estimate of drug-likeness (QED) is 0.566. The van der Waals surface area contributed by atoms with Crippen LogP contribution in [0.1, 0.15) is 26.2 Å². The molecule has 0 saturated carbocycles. The lowest BCUT2D eigenvalue weighted by atomic mass is 9.94. The van der Waals surface area contributed by atoms with E-state index in [0.717, 1.165) is 18.4 Å². The molecule has 0 bridgehead atoms. The highest BCUT2D eigenvalue weighted by Gasteiger charge is 2.29. The first-order valence-electron chi connectivity index (χ1n) is 10.7. The maximum Gasteiger partial charge on any atom is 0.303 e. The summed E-state index contributed by atoms with van der Waals surface area (Å²) >= 11 is 6.23. The van der Waals surface area contributed by atoms with Gasteiger partial charge in [-0.05, 0) is 61.6 Å². The second-order valence-electron chi connectivity index (χ2n) is 8.15. The van der Waals surface area contributed by atoms with E-state index in [1.165, 1.54) is 12.1 Å². The Morgan fingerprint density at radius 2 is 2.09 bits per heavy atom. The summed E-state index contributed by atoms with van der Waals surface area (Å²) in [4.78, 5) is 34.3. The molecule has 4 rings (SSSR count). The second-order valence-corrected chi connectivity index (χ2v) is 8.56. The Morgan fingerprint density at radius 3 is 2.85 bits per heavy atom. The van der Waals surface area contributed by atoms with Crippen molar-refractivity contribution in [3.63, 3.8) is 0 Å². The molecule has 3 aromatic rings. The van der Waals surface area contributed by atoms with Gasteiger partial charge in [0.25, 0.3) is 5.91 Å². The molecule has 2 aromatic heterocycles. The Kier molecular flexibility index (Phi) is 6.74. The highest BCUT2D eigenvalue weighted by atomic mass is 35.5. The van der Waals surface area contributed by atoms with Crippen LogP contribution in [0.25, 0.3) is 22.2 Å². The third-order valence-corrected chi connectivity index (χ3v) is 6.05. The summed E-state index contributed by atoms with van der Waals surface area (Å²) < 4.78 is 19.3. The largest absolute Gasteiger partial charge is 0.481 e. The molecule has 9 heteroatoms. The first kappa shape index (κ1) is 22.9. The summed E-state index contributed by atoms with van der Waals surface area (Å²) in [7, 11) is 0. The predicted molar refractivity (Wildman–Crippen MR) is 122 cm³/mol. The monoisotopic (exact) mass is 471 g/mol. The normalized spacial score (nSPS) is 17.1. The molecule has 0 radical (unpaired) electrons. The van der Waals surface area contributed by atoms with E-state index in [1.807, 2.05) is 0 Å². The Labute approximate surface area is 195 Å². The average molecular weight is 472 g/mol. The van der Waals surface area contributed by atoms with Crippen LogP contribution in [0.4, 0.5) is 4.39 Å². The molecule has 1 unspecified atom stereocenters. The van der Waals surface area contributed by atoms with Gasteiger partial charge in [-0.15, -0.1) is 0 Å². The van der Waals surface area contributed by atoms with Gasteiger partial charge in [-0.2, -0.15) is 4.98 Å². The van der Waals surface area contributed by atoms with Crippen LogP contribution in [0.3, 0.4) is 0 Å². The molecule has 33 heavy (non-hydrogen) atoms. The van der Waals surface area contributed by atoms with E-state index in [1.54, 1.807) is 42.3 Å². The van der Waals surface area contributed by atoms with Crippen molar-refractivity contribution in [3.8, 4) is 17.0 Å². The van der Waals surface area contributed by atoms with Gasteiger partial charge in [-0.3, -0.25) is 9.59 Å². The molecular formula is C24H23ClFN3O4. The molecule has 1 amide bonds. The van der Waals surface area contributed by atoms with Crippen LogP contribution in [0.2, 0.25) is 5.02 Å². The lowest BCUT2D eigenvalue weighted by Crippen LogP contribution is -2.46. The van der Waals surface area contributed by atoms with Crippen molar-refractivity contribution in [3.05, 3.63) is 53.4 Å². The van der Waals surface area contributed by atoms with E-state index in [2.05, 4.69) is 9.97 Å². The summed E-state index contributed by atoms with van der Waals surface area (Å²) in [6.07, 6.45) is 2.41. The molecule has 0 spiro atoms. The summed E-state index contributed by atoms with van der Waals surface area (Å²) in [6.45, 7) is 2.64. The highest BCUT2D eigenvalue weighted by Crippen LogP contribution is 2.33. The number of hydrogen-bond donors (Lipinski definition) is 1. The summed E-state index contributed by atoms with van der Waals surface area (Å²) in [5.74, 6) is -1.28. The SMILES string of the molecule is CC(Oc1ccc2c(-c3ccc(F)cc3Cl)ccnc2n1)C(=O)N1CCC[C@H](CC(=O)O)C1. The maximum absolute atomic E-state index is 13.4. The van der Waals surface area contributed by atoms with E-state index < -0.39 is 17.9 Å². The van der Waals surface area contributed by atoms with Crippen molar-refractivity contribution in [1.82, 2.24) is 14.9 Å². The summed E-state index contributed by atoms with van der Waals surface area (Å²) in [6, 6.07) is 9.41. The van der Waals surface area contributed by atoms with Crippen molar-refractivity contribution in [2.24, 2.45) is 5.92 Å². The van der Waals surface area contributed by atoms with Gasteiger partial charge in [0.15, 0.2) is 11.8 Å². The number of carboxylic acid groups (broad SMARTS) is 1. The molecule has 7 nitrogen and oxygen atoms in total. The molecule has 1 N–H and O–H groups in total. The molecule has 172 valence electrons. The number of benzene rings is 1. The van der Waals surface area contributed by atoms with Gasteiger partial charge in [0.1, 0.15) is 5.82 Å². The van der Waals surface area contributed by atoms with Crippen molar-refractivity contribution in [1.29, 1.82) is 0 Å². The van der Waals surface area contributed by atoms with Gasteiger partial charge in [-0.25, -0.2) is 9.37 Å². The fourth-order valence-corrected chi connectivity index (χ4v) is 4.46. The molecule has 1 saturated heterocycles. The summed E-state index contributed by atoms with van der Waals surface area (Å²) in [5, 5.41) is 10.0. The number of piperidine rings is 1. The van der Waals surface area contributed by atoms with E-state index in [-0.39, 0.29) is 29.1 Å². The number of carboxylic acids is 1. The zero-order valence-corrected chi connectivity index (χ0v) is 18.8. The number of halogens is 2. The van der Waals surface area contributed by atoms with E-state index in [0.29, 0.717) is 29.7 Å². The lowest BCUT2D eigenvalue weighted by molar-refractivity contribution is -0.143. The first-order valence-corrected chi connectivity index (χ1v) is 11.1. The van der Waals surface area contributed by atoms with E-state index in [9.17, 15) is 14.0 Å². The van der Waals surface area contributed by atoms with E-state index >= 15 is 0 Å². The smallest absolute Gasteiger partial charge is 0.303 e. The number of likely N-dealkylation sites (tertiary alicyclic amines) is 1. The molecule has 1 aliphatic rings. The summed E-state index contributed by atoms with van der Waals surface area (Å²) in [5.41, 5.74) is 1.82. The Hall–Kier alpha value is -3.26. The number of carbonyl (C=O) groups is 2. The number of amides is 1. The third-order valence-electron chi connectivity index (χ3n) is 5.74. The number of carbonyl (C=O) groups excluding carboxylic acids is 1. The molecule has 1 aliphatic heterocycles. The number of nitrogens with zero attached hydrogens (tertiary/aromatic N) is 3. The van der Waals surface area contributed by atoms with Gasteiger partial charge in [0, 0.05) is 42.7 Å². The molecular weight excluding hydrogens is 449 g/mol. The molecule has 2 atom stereocenters. The van der Waals surface area contributed by atoms with Gasteiger partial charge in [-0.1, -0.05) is 11.6 Å². The zero-order valence-electron chi connectivity index (χ0n) is 18.0. The van der Waals surface area contributed by atoms with Crippen LogP contribution in [-0.4, -0.2) is 51.0 Å². The van der Waals surface area contributed by atoms with Gasteiger partial charge >= 0.3 is 5.97 Å². The molecule has 1 fully saturated rings. The van der Waals surface area contributed by atoms with Crippen molar-refractivity contribution >= 4 is 34.5 Å². The number of aliphatic carboxylic acids is 1. The van der Waals surface area contributed by atoms with Gasteiger partial charge in [0.2, 0.25) is 5.88 Å². The van der Waals surface area contributed by atoms with Gasteiger partial charge in [0.05, 0.1) is 5.02 Å². The maximum atomic E-state index is 13.4. The fourth-order valence-electron chi connectivity index (χ4n) is 4.19. The van der Waals surface area contributed by atoms with Gasteiger partial charge < -0.3 is 14.7 Å². The number of hydrogen-bond acceptors (Lipinski definition) is 5. The van der Waals surface area contributed by atoms with E-state index in [4.69, 9.17) is 21.4 Å². The minimum absolute atomic E-state index is 0.0490. The molecule has 3 heterocycles. The van der Waals surface area contributed by atoms with Crippen molar-refractivity contribution < 1.29 is 23.8 Å². The number of aromatic nitrogens is 2. The van der Waals surface area contributed by atoms with Crippen LogP contribution >= 0.6 is 11.6 Å². The first-order chi connectivity index (χ1) is 15.8. The van der Waals surface area contributed by atoms with Crippen LogP contribution < -0.4 is 4.74 Å². The second kappa shape index (κ2) is 9.70. The number of pyridine rings is 2. The molecule has 1 aromatic carbocycles. The Bertz CT molecular complexity index is 1210. The minimum atomic E-state index is -0.854.